The first kappa shape index (κ1) is 14.3. The molecule has 0 amide bonds. The fourth-order valence-electron chi connectivity index (χ4n) is 2.27. The normalized spacial score (nSPS) is 29.8. The van der Waals surface area contributed by atoms with Crippen LogP contribution in [0.4, 0.5) is 5.69 Å². The van der Waals surface area contributed by atoms with Gasteiger partial charge in [-0.05, 0) is 12.1 Å². The molecule has 1 aromatic rings. The molecule has 0 N–H and O–H groups in total. The van der Waals surface area contributed by atoms with E-state index in [-0.39, 0.29) is 30.3 Å². The largest absolute Gasteiger partial charge is 0.459 e. The molecule has 2 fully saturated rings. The number of thioether (sulfide) groups is 1. The number of carbonyl (C=O) groups excluding carboxylic acids is 1. The summed E-state index contributed by atoms with van der Waals surface area (Å²) in [5.41, 5.74) is 0.215. The molecule has 3 rings (SSSR count). The van der Waals surface area contributed by atoms with Gasteiger partial charge in [0.05, 0.1) is 21.0 Å². The van der Waals surface area contributed by atoms with Crippen LogP contribution >= 0.6 is 11.8 Å². The van der Waals surface area contributed by atoms with E-state index in [0.29, 0.717) is 10.5 Å². The van der Waals surface area contributed by atoms with Crippen LogP contribution in [0.25, 0.3) is 0 Å². The third kappa shape index (κ3) is 2.87. The van der Waals surface area contributed by atoms with Gasteiger partial charge < -0.3 is 14.2 Å². The number of methoxy groups -OCH3 is 1. The Kier molecular flexibility index (Phi) is 3.83. The summed E-state index contributed by atoms with van der Waals surface area (Å²) in [4.78, 5) is 21.9. The smallest absolute Gasteiger partial charge is 0.338 e. The highest BCUT2D eigenvalue weighted by Gasteiger charge is 2.57. The molecule has 0 bridgehead atoms. The summed E-state index contributed by atoms with van der Waals surface area (Å²) in [5.74, 6) is -0.517. The molecular weight excluding hydrogens is 298 g/mol. The second-order valence-electron chi connectivity index (χ2n) is 4.75. The second kappa shape index (κ2) is 5.63. The van der Waals surface area contributed by atoms with Crippen molar-refractivity contribution in [3.05, 3.63) is 39.9 Å². The minimum absolute atomic E-state index is 0.0640. The molecule has 7 nitrogen and oxygen atoms in total. The quantitative estimate of drug-likeness (QED) is 0.353. The molecular formula is C13H13NO6S. The number of non-ortho nitro benzene ring substituents is 1. The molecule has 1 aromatic carbocycles. The number of nitro groups is 1. The van der Waals surface area contributed by atoms with Gasteiger partial charge >= 0.3 is 5.97 Å². The van der Waals surface area contributed by atoms with Gasteiger partial charge in [0.2, 0.25) is 0 Å². The molecule has 2 aliphatic rings. The SMILES string of the molecule is COC1OC(COC(=O)c2ccc([N+](=O)[O-])cc2)C2SC12. The van der Waals surface area contributed by atoms with Gasteiger partial charge in [0.15, 0.2) is 6.29 Å². The van der Waals surface area contributed by atoms with Crippen molar-refractivity contribution in [2.24, 2.45) is 0 Å². The van der Waals surface area contributed by atoms with Crippen molar-refractivity contribution in [1.29, 1.82) is 0 Å². The number of nitrogens with zero attached hydrogens (tertiary/aromatic N) is 1. The molecule has 0 spiro atoms. The highest BCUT2D eigenvalue weighted by atomic mass is 32.2. The van der Waals surface area contributed by atoms with E-state index < -0.39 is 10.9 Å². The first-order valence-electron chi connectivity index (χ1n) is 6.35. The third-order valence-corrected chi connectivity index (χ3v) is 4.86. The lowest BCUT2D eigenvalue weighted by Crippen LogP contribution is -2.25. The predicted octanol–water partition coefficient (Wildman–Crippen LogP) is 1.61. The van der Waals surface area contributed by atoms with Crippen molar-refractivity contribution in [3.8, 4) is 0 Å². The summed E-state index contributed by atoms with van der Waals surface area (Å²) in [5, 5.41) is 11.2. The maximum Gasteiger partial charge on any atom is 0.338 e. The minimum atomic E-state index is -0.517. The van der Waals surface area contributed by atoms with Crippen LogP contribution < -0.4 is 0 Å². The third-order valence-electron chi connectivity index (χ3n) is 3.43. The number of hydrogen-bond donors (Lipinski definition) is 0. The number of carbonyl (C=O) groups is 1. The topological polar surface area (TPSA) is 87.9 Å². The first-order valence-corrected chi connectivity index (χ1v) is 7.29. The lowest BCUT2D eigenvalue weighted by atomic mass is 10.2. The summed E-state index contributed by atoms with van der Waals surface area (Å²) >= 11 is 1.76. The van der Waals surface area contributed by atoms with Gasteiger partial charge in [-0.25, -0.2) is 4.79 Å². The number of ether oxygens (including phenoxy) is 3. The lowest BCUT2D eigenvalue weighted by molar-refractivity contribution is -0.384. The molecule has 0 aliphatic carbocycles. The monoisotopic (exact) mass is 311 g/mol. The molecule has 2 heterocycles. The molecule has 8 heteroatoms. The summed E-state index contributed by atoms with van der Waals surface area (Å²) in [7, 11) is 1.59. The fraction of sp³-hybridized carbons (Fsp3) is 0.462. The zero-order valence-corrected chi connectivity index (χ0v) is 11.9. The van der Waals surface area contributed by atoms with Gasteiger partial charge in [-0.15, -0.1) is 11.8 Å². The van der Waals surface area contributed by atoms with E-state index in [1.165, 1.54) is 24.3 Å². The first-order chi connectivity index (χ1) is 10.1. The number of fused-ring (bicyclic) bond motifs is 1. The van der Waals surface area contributed by atoms with Crippen molar-refractivity contribution >= 4 is 23.4 Å². The molecule has 112 valence electrons. The summed E-state index contributed by atoms with van der Waals surface area (Å²) < 4.78 is 16.0. The van der Waals surface area contributed by atoms with Crippen molar-refractivity contribution in [3.63, 3.8) is 0 Å². The van der Waals surface area contributed by atoms with E-state index in [0.717, 1.165) is 0 Å². The zero-order valence-electron chi connectivity index (χ0n) is 11.1. The van der Waals surface area contributed by atoms with Crippen LogP contribution in [0.2, 0.25) is 0 Å². The van der Waals surface area contributed by atoms with E-state index in [1.54, 1.807) is 18.9 Å². The van der Waals surface area contributed by atoms with Crippen LogP contribution in [0.5, 0.6) is 0 Å². The van der Waals surface area contributed by atoms with Crippen molar-refractivity contribution in [2.75, 3.05) is 13.7 Å². The van der Waals surface area contributed by atoms with Gasteiger partial charge in [-0.1, -0.05) is 0 Å². The highest BCUT2D eigenvalue weighted by molar-refractivity contribution is 8.07. The predicted molar refractivity (Wildman–Crippen MR) is 74.2 cm³/mol. The Bertz CT molecular complexity index is 562. The van der Waals surface area contributed by atoms with Crippen molar-refractivity contribution < 1.29 is 23.9 Å². The number of hydrogen-bond acceptors (Lipinski definition) is 7. The fourth-order valence-corrected chi connectivity index (χ4v) is 3.46. The summed E-state index contributed by atoms with van der Waals surface area (Å²) in [6.45, 7) is 0.157. The van der Waals surface area contributed by atoms with E-state index >= 15 is 0 Å². The van der Waals surface area contributed by atoms with Crippen molar-refractivity contribution in [2.45, 2.75) is 22.9 Å². The Hall–Kier alpha value is -1.64. The molecule has 2 aliphatic heterocycles. The zero-order chi connectivity index (χ0) is 15.0. The minimum Gasteiger partial charge on any atom is -0.459 e. The molecule has 0 aromatic heterocycles. The average Bonchev–Trinajstić information content (AvgIpc) is 3.21. The Morgan fingerprint density at radius 1 is 1.38 bits per heavy atom. The van der Waals surface area contributed by atoms with Crippen LogP contribution in [0, 0.1) is 10.1 Å². The summed E-state index contributed by atoms with van der Waals surface area (Å²) in [6, 6.07) is 5.30. The van der Waals surface area contributed by atoms with Crippen molar-refractivity contribution in [1.82, 2.24) is 0 Å². The average molecular weight is 311 g/mol. The van der Waals surface area contributed by atoms with Crippen LogP contribution in [0.1, 0.15) is 10.4 Å². The van der Waals surface area contributed by atoms with Gasteiger partial charge in [0.1, 0.15) is 12.7 Å². The summed E-state index contributed by atoms with van der Waals surface area (Å²) in [6.07, 6.45) is -0.393. The van der Waals surface area contributed by atoms with Gasteiger partial charge in [0, 0.05) is 19.2 Å². The van der Waals surface area contributed by atoms with E-state index in [4.69, 9.17) is 14.2 Å². The number of benzene rings is 1. The Balaban J connectivity index is 1.54. The number of esters is 1. The maximum atomic E-state index is 11.9. The van der Waals surface area contributed by atoms with Crippen LogP contribution in [-0.2, 0) is 14.2 Å². The lowest BCUT2D eigenvalue weighted by Gasteiger charge is -2.16. The molecule has 21 heavy (non-hydrogen) atoms. The van der Waals surface area contributed by atoms with Gasteiger partial charge in [0.25, 0.3) is 5.69 Å². The maximum absolute atomic E-state index is 11.9. The Morgan fingerprint density at radius 3 is 2.67 bits per heavy atom. The molecule has 2 saturated heterocycles. The van der Waals surface area contributed by atoms with Crippen LogP contribution in [-0.4, -0.2) is 47.5 Å². The van der Waals surface area contributed by atoms with Gasteiger partial charge in [-0.2, -0.15) is 0 Å². The van der Waals surface area contributed by atoms with Crippen LogP contribution in [0.15, 0.2) is 24.3 Å². The number of nitro benzene ring substituents is 1. The second-order valence-corrected chi connectivity index (χ2v) is 6.11. The molecule has 4 atom stereocenters. The standard InChI is InChI=1S/C13H13NO6S/c1-18-13-11-10(21-11)9(20-13)6-19-12(15)7-2-4-8(5-3-7)14(16)17/h2-5,9-11,13H,6H2,1H3. The molecule has 0 radical (unpaired) electrons. The van der Waals surface area contributed by atoms with E-state index in [9.17, 15) is 14.9 Å². The van der Waals surface area contributed by atoms with E-state index in [2.05, 4.69) is 0 Å². The molecule has 4 unspecified atom stereocenters. The molecule has 0 saturated carbocycles. The Labute approximate surface area is 124 Å². The highest BCUT2D eigenvalue weighted by Crippen LogP contribution is 2.53. The Morgan fingerprint density at radius 2 is 2.10 bits per heavy atom. The van der Waals surface area contributed by atoms with Crippen LogP contribution in [0.3, 0.4) is 0 Å². The van der Waals surface area contributed by atoms with Gasteiger partial charge in [-0.3, -0.25) is 10.1 Å². The van der Waals surface area contributed by atoms with E-state index in [1.807, 2.05) is 0 Å². The number of rotatable bonds is 5.